The molecule has 3 N–H and O–H groups in total. The van der Waals surface area contributed by atoms with E-state index in [2.05, 4.69) is 21.6 Å². The summed E-state index contributed by atoms with van der Waals surface area (Å²) in [5.74, 6) is -0.259. The number of fused-ring (bicyclic) bond motifs is 1. The number of aromatic nitrogens is 4. The fourth-order valence-electron chi connectivity index (χ4n) is 3.48. The lowest BCUT2D eigenvalue weighted by molar-refractivity contribution is 0.0946. The highest BCUT2D eigenvalue weighted by molar-refractivity contribution is 5.94. The first-order chi connectivity index (χ1) is 15.2. The molecule has 0 atom stereocenters. The number of carbonyl (C=O) groups is 1. The second kappa shape index (κ2) is 8.29. The van der Waals surface area contributed by atoms with Crippen molar-refractivity contribution in [2.45, 2.75) is 25.8 Å². The number of hydrogen-bond acceptors (Lipinski definition) is 5. The highest BCUT2D eigenvalue weighted by Crippen LogP contribution is 2.27. The van der Waals surface area contributed by atoms with Gasteiger partial charge >= 0.3 is 0 Å². The van der Waals surface area contributed by atoms with E-state index in [9.17, 15) is 4.79 Å². The first-order valence-corrected chi connectivity index (χ1v) is 10.3. The van der Waals surface area contributed by atoms with Gasteiger partial charge in [-0.3, -0.25) is 9.48 Å². The minimum Gasteiger partial charge on any atom is -0.351 e. The third-order valence-corrected chi connectivity index (χ3v) is 5.28. The second-order valence-corrected chi connectivity index (χ2v) is 8.52. The summed E-state index contributed by atoms with van der Waals surface area (Å²) >= 11 is 0. The standard InChI is InChI=1S/C24H25N7O/c1-24(2,26)10-11-27-23(32)20-13-22(17-6-9-21-18(12-17)15-28-30(21)3)31(29-20)19-7-4-16(14-25)5-8-19/h4-9,12-13,15H,10-11,26H2,1-3H3,(H,27,32). The molecule has 0 unspecified atom stereocenters. The fraction of sp³-hybridized carbons (Fsp3) is 0.250. The molecule has 0 fully saturated rings. The van der Waals surface area contributed by atoms with Gasteiger partial charge in [-0.2, -0.15) is 15.5 Å². The van der Waals surface area contributed by atoms with Crippen LogP contribution in [-0.4, -0.2) is 37.6 Å². The Labute approximate surface area is 186 Å². The van der Waals surface area contributed by atoms with Crippen molar-refractivity contribution in [2.24, 2.45) is 12.8 Å². The monoisotopic (exact) mass is 427 g/mol. The summed E-state index contributed by atoms with van der Waals surface area (Å²) in [6, 6.07) is 17.0. The van der Waals surface area contributed by atoms with Gasteiger partial charge in [0.1, 0.15) is 0 Å². The number of amides is 1. The molecule has 0 spiro atoms. The molecule has 162 valence electrons. The van der Waals surface area contributed by atoms with Gasteiger partial charge in [-0.05, 0) is 62.7 Å². The summed E-state index contributed by atoms with van der Waals surface area (Å²) in [6.45, 7) is 4.31. The maximum Gasteiger partial charge on any atom is 0.271 e. The molecule has 4 aromatic rings. The van der Waals surface area contributed by atoms with Gasteiger partial charge in [0.15, 0.2) is 5.69 Å². The van der Waals surface area contributed by atoms with Crippen LogP contribution in [0.15, 0.2) is 54.7 Å². The summed E-state index contributed by atoms with van der Waals surface area (Å²) in [7, 11) is 1.90. The van der Waals surface area contributed by atoms with E-state index in [1.54, 1.807) is 22.9 Å². The zero-order valence-corrected chi connectivity index (χ0v) is 18.3. The van der Waals surface area contributed by atoms with Crippen LogP contribution in [-0.2, 0) is 7.05 Å². The van der Waals surface area contributed by atoms with E-state index in [0.717, 1.165) is 27.8 Å². The molecule has 2 aromatic carbocycles. The van der Waals surface area contributed by atoms with Crippen molar-refractivity contribution in [1.82, 2.24) is 24.9 Å². The smallest absolute Gasteiger partial charge is 0.271 e. The molecule has 32 heavy (non-hydrogen) atoms. The van der Waals surface area contributed by atoms with E-state index in [4.69, 9.17) is 11.0 Å². The summed E-state index contributed by atoms with van der Waals surface area (Å²) in [6.07, 6.45) is 2.46. The zero-order valence-electron chi connectivity index (χ0n) is 18.3. The number of nitrogens with zero attached hydrogens (tertiary/aromatic N) is 5. The third-order valence-electron chi connectivity index (χ3n) is 5.28. The van der Waals surface area contributed by atoms with Gasteiger partial charge in [-0.15, -0.1) is 0 Å². The van der Waals surface area contributed by atoms with Gasteiger partial charge in [0, 0.05) is 30.1 Å². The quantitative estimate of drug-likeness (QED) is 0.491. The lowest BCUT2D eigenvalue weighted by Crippen LogP contribution is -2.37. The molecule has 1 amide bonds. The Balaban J connectivity index is 1.74. The molecular formula is C24H25N7O. The normalized spacial score (nSPS) is 11.5. The van der Waals surface area contributed by atoms with Crippen LogP contribution < -0.4 is 11.1 Å². The van der Waals surface area contributed by atoms with Crippen LogP contribution in [0.3, 0.4) is 0 Å². The molecule has 4 rings (SSSR count). The lowest BCUT2D eigenvalue weighted by Gasteiger charge is -2.17. The van der Waals surface area contributed by atoms with Crippen LogP contribution in [0.25, 0.3) is 27.8 Å². The Morgan fingerprint density at radius 3 is 2.62 bits per heavy atom. The predicted molar refractivity (Wildman–Crippen MR) is 123 cm³/mol. The van der Waals surface area contributed by atoms with Gasteiger partial charge in [-0.25, -0.2) is 4.68 Å². The van der Waals surface area contributed by atoms with Crippen molar-refractivity contribution >= 4 is 16.8 Å². The molecule has 8 heteroatoms. The number of aryl methyl sites for hydroxylation is 1. The molecular weight excluding hydrogens is 402 g/mol. The molecule has 2 heterocycles. The maximum atomic E-state index is 12.8. The Morgan fingerprint density at radius 1 is 1.19 bits per heavy atom. The van der Waals surface area contributed by atoms with Gasteiger partial charge in [0.25, 0.3) is 5.91 Å². The summed E-state index contributed by atoms with van der Waals surface area (Å²) in [4.78, 5) is 12.8. The van der Waals surface area contributed by atoms with Crippen LogP contribution in [0, 0.1) is 11.3 Å². The van der Waals surface area contributed by atoms with E-state index < -0.39 is 0 Å². The number of rotatable bonds is 6. The molecule has 0 saturated heterocycles. The van der Waals surface area contributed by atoms with Crippen molar-refractivity contribution in [1.29, 1.82) is 5.26 Å². The molecule has 0 aliphatic heterocycles. The number of nitrogens with one attached hydrogen (secondary N) is 1. The highest BCUT2D eigenvalue weighted by atomic mass is 16.1. The van der Waals surface area contributed by atoms with E-state index in [0.29, 0.717) is 24.2 Å². The molecule has 8 nitrogen and oxygen atoms in total. The minimum atomic E-state index is -0.362. The van der Waals surface area contributed by atoms with Crippen LogP contribution in [0.5, 0.6) is 0 Å². The summed E-state index contributed by atoms with van der Waals surface area (Å²) in [5.41, 5.74) is 9.96. The number of nitriles is 1. The second-order valence-electron chi connectivity index (χ2n) is 8.52. The third kappa shape index (κ3) is 4.38. The minimum absolute atomic E-state index is 0.259. The Kier molecular flexibility index (Phi) is 5.51. The Hall–Kier alpha value is -3.96. The Bertz CT molecular complexity index is 1320. The van der Waals surface area contributed by atoms with E-state index >= 15 is 0 Å². The molecule has 0 aliphatic rings. The SMILES string of the molecule is Cn1ncc2cc(-c3cc(C(=O)NCCC(C)(C)N)nn3-c3ccc(C#N)cc3)ccc21. The van der Waals surface area contributed by atoms with Crippen molar-refractivity contribution < 1.29 is 4.79 Å². The van der Waals surface area contributed by atoms with Crippen LogP contribution in [0.4, 0.5) is 0 Å². The van der Waals surface area contributed by atoms with Crippen LogP contribution in [0.1, 0.15) is 36.3 Å². The average molecular weight is 428 g/mol. The molecule has 0 radical (unpaired) electrons. The van der Waals surface area contributed by atoms with Crippen molar-refractivity contribution in [3.63, 3.8) is 0 Å². The predicted octanol–water partition coefficient (Wildman–Crippen LogP) is 3.15. The van der Waals surface area contributed by atoms with Crippen molar-refractivity contribution in [2.75, 3.05) is 6.54 Å². The highest BCUT2D eigenvalue weighted by Gasteiger charge is 2.18. The molecule has 2 aromatic heterocycles. The number of benzene rings is 2. The number of nitrogens with two attached hydrogens (primary N) is 1. The van der Waals surface area contributed by atoms with Crippen molar-refractivity contribution in [3.05, 3.63) is 66.0 Å². The number of carbonyl (C=O) groups excluding carboxylic acids is 1. The summed E-state index contributed by atoms with van der Waals surface area (Å²) < 4.78 is 3.54. The lowest BCUT2D eigenvalue weighted by atomic mass is 10.0. The number of hydrogen-bond donors (Lipinski definition) is 2. The average Bonchev–Trinajstić information content (AvgIpc) is 3.37. The summed E-state index contributed by atoms with van der Waals surface area (Å²) in [5, 5.41) is 21.9. The largest absolute Gasteiger partial charge is 0.351 e. The molecule has 0 aliphatic carbocycles. The van der Waals surface area contributed by atoms with Crippen LogP contribution in [0.2, 0.25) is 0 Å². The first-order valence-electron chi connectivity index (χ1n) is 10.3. The molecule has 0 bridgehead atoms. The zero-order chi connectivity index (χ0) is 22.9. The maximum absolute atomic E-state index is 12.8. The first kappa shape index (κ1) is 21.3. The van der Waals surface area contributed by atoms with Gasteiger partial charge in [-0.1, -0.05) is 6.07 Å². The van der Waals surface area contributed by atoms with Gasteiger partial charge in [0.2, 0.25) is 0 Å². The van der Waals surface area contributed by atoms with Gasteiger partial charge < -0.3 is 11.1 Å². The van der Waals surface area contributed by atoms with E-state index in [1.807, 2.05) is 62.1 Å². The Morgan fingerprint density at radius 2 is 1.94 bits per heavy atom. The van der Waals surface area contributed by atoms with Crippen LogP contribution >= 0.6 is 0 Å². The van der Waals surface area contributed by atoms with E-state index in [1.165, 1.54) is 0 Å². The van der Waals surface area contributed by atoms with Crippen molar-refractivity contribution in [3.8, 4) is 23.0 Å². The van der Waals surface area contributed by atoms with E-state index in [-0.39, 0.29) is 11.4 Å². The molecule has 0 saturated carbocycles. The fourth-order valence-corrected chi connectivity index (χ4v) is 3.48. The van der Waals surface area contributed by atoms with Gasteiger partial charge in [0.05, 0.1) is 34.7 Å². The topological polar surface area (TPSA) is 115 Å².